The number of aryl methyl sites for hydroxylation is 1. The monoisotopic (exact) mass is 339 g/mol. The second kappa shape index (κ2) is 6.89. The van der Waals surface area contributed by atoms with E-state index in [0.29, 0.717) is 16.5 Å². The highest BCUT2D eigenvalue weighted by Gasteiger charge is 2.17. The molecule has 0 saturated heterocycles. The Labute approximate surface area is 145 Å². The molecule has 0 aromatic heterocycles. The topological polar surface area (TPSA) is 41.6 Å². The van der Waals surface area contributed by atoms with E-state index in [1.165, 1.54) is 4.90 Å². The lowest BCUT2D eigenvalue weighted by atomic mass is 10.1. The van der Waals surface area contributed by atoms with Gasteiger partial charge in [-0.05, 0) is 24.1 Å². The smallest absolute Gasteiger partial charge is 0.200 e. The molecule has 0 saturated carbocycles. The lowest BCUT2D eigenvalue weighted by Crippen LogP contribution is -2.34. The fraction of sp³-hybridized carbons (Fsp3) is 0.150. The van der Waals surface area contributed by atoms with Gasteiger partial charge in [-0.3, -0.25) is 0 Å². The summed E-state index contributed by atoms with van der Waals surface area (Å²) in [6.07, 6.45) is 0.885. The average Bonchev–Trinajstić information content (AvgIpc) is 2.61. The minimum absolute atomic E-state index is 0.129. The summed E-state index contributed by atoms with van der Waals surface area (Å²) in [5.74, 6) is -1.15. The molecule has 0 atom stereocenters. The predicted molar refractivity (Wildman–Crippen MR) is 99.4 cm³/mol. The normalized spacial score (nSPS) is 11.8. The first-order valence-electron chi connectivity index (χ1n) is 8.05. The Morgan fingerprint density at radius 1 is 1.00 bits per heavy atom. The Morgan fingerprint density at radius 2 is 1.72 bits per heavy atom. The Balaban J connectivity index is 2.07. The summed E-state index contributed by atoms with van der Waals surface area (Å²) >= 11 is 0. The first-order chi connectivity index (χ1) is 12.0. The lowest BCUT2D eigenvalue weighted by Gasteiger charge is -2.21. The minimum Gasteiger partial charge on any atom is -0.369 e. The molecule has 3 nitrogen and oxygen atoms in total. The largest absolute Gasteiger partial charge is 0.369 e. The maximum absolute atomic E-state index is 14.5. The van der Waals surface area contributed by atoms with Crippen molar-refractivity contribution < 1.29 is 8.78 Å². The molecule has 0 aliphatic rings. The first-order valence-corrected chi connectivity index (χ1v) is 8.05. The number of hydrogen-bond donors (Lipinski definition) is 1. The van der Waals surface area contributed by atoms with Crippen molar-refractivity contribution in [1.29, 1.82) is 0 Å². The number of halogens is 2. The number of hydrogen-bond acceptors (Lipinski definition) is 1. The molecule has 3 rings (SSSR count). The van der Waals surface area contributed by atoms with Crippen molar-refractivity contribution in [3.63, 3.8) is 0 Å². The van der Waals surface area contributed by atoms with Gasteiger partial charge in [0.05, 0.1) is 11.4 Å². The quantitative estimate of drug-likeness (QED) is 0.552. The number of fused-ring (bicyclic) bond motifs is 1. The Hall–Kier alpha value is -2.95. The van der Waals surface area contributed by atoms with Crippen LogP contribution in [0.3, 0.4) is 0 Å². The Bertz CT molecular complexity index is 951. The molecule has 0 aliphatic carbocycles. The van der Waals surface area contributed by atoms with E-state index in [0.717, 1.165) is 18.1 Å². The van der Waals surface area contributed by atoms with Crippen molar-refractivity contribution in [1.82, 2.24) is 0 Å². The number of guanidine groups is 1. The van der Waals surface area contributed by atoms with Crippen LogP contribution in [0.5, 0.6) is 0 Å². The van der Waals surface area contributed by atoms with E-state index in [-0.39, 0.29) is 11.6 Å². The number of anilines is 1. The maximum atomic E-state index is 14.5. The van der Waals surface area contributed by atoms with Crippen LogP contribution in [0.4, 0.5) is 20.2 Å². The van der Waals surface area contributed by atoms with Gasteiger partial charge >= 0.3 is 0 Å². The highest BCUT2D eigenvalue weighted by molar-refractivity contribution is 6.05. The molecule has 0 spiro atoms. The van der Waals surface area contributed by atoms with Crippen molar-refractivity contribution in [3.8, 4) is 0 Å². The summed E-state index contributed by atoms with van der Waals surface area (Å²) in [6.45, 7) is 2.05. The van der Waals surface area contributed by atoms with E-state index < -0.39 is 11.6 Å². The van der Waals surface area contributed by atoms with Gasteiger partial charge in [-0.1, -0.05) is 43.3 Å². The summed E-state index contributed by atoms with van der Waals surface area (Å²) in [4.78, 5) is 5.81. The van der Waals surface area contributed by atoms with Gasteiger partial charge in [0.15, 0.2) is 0 Å². The predicted octanol–water partition coefficient (Wildman–Crippen LogP) is 4.76. The zero-order chi connectivity index (χ0) is 18.0. The second-order valence-corrected chi connectivity index (χ2v) is 5.79. The first kappa shape index (κ1) is 16.9. The molecule has 0 radical (unpaired) electrons. The summed E-state index contributed by atoms with van der Waals surface area (Å²) < 4.78 is 28.5. The number of aliphatic imine (C=N–C) groups is 1. The molecule has 0 fully saturated rings. The molecular weight excluding hydrogens is 320 g/mol. The third-order valence-corrected chi connectivity index (χ3v) is 4.16. The molecular formula is C20H19F2N3. The molecule has 0 aliphatic heterocycles. The van der Waals surface area contributed by atoms with Crippen LogP contribution in [0.1, 0.15) is 12.5 Å². The van der Waals surface area contributed by atoms with Gasteiger partial charge in [0.25, 0.3) is 0 Å². The van der Waals surface area contributed by atoms with Gasteiger partial charge in [-0.15, -0.1) is 0 Å². The molecule has 2 N–H and O–H groups in total. The number of nitrogens with zero attached hydrogens (tertiary/aromatic N) is 2. The minimum atomic E-state index is -0.681. The lowest BCUT2D eigenvalue weighted by molar-refractivity contribution is 0.592. The third kappa shape index (κ3) is 3.31. The molecule has 3 aromatic rings. The zero-order valence-corrected chi connectivity index (χ0v) is 14.1. The molecule has 0 unspecified atom stereocenters. The van der Waals surface area contributed by atoms with E-state index in [1.54, 1.807) is 31.3 Å². The summed E-state index contributed by atoms with van der Waals surface area (Å²) in [6, 6.07) is 15.3. The number of nitrogens with two attached hydrogens (primary N) is 1. The number of benzene rings is 3. The van der Waals surface area contributed by atoms with Crippen molar-refractivity contribution in [2.45, 2.75) is 13.3 Å². The second-order valence-electron chi connectivity index (χ2n) is 5.79. The van der Waals surface area contributed by atoms with Crippen molar-refractivity contribution in [3.05, 3.63) is 71.8 Å². The summed E-state index contributed by atoms with van der Waals surface area (Å²) in [5, 5.41) is 0.787. The van der Waals surface area contributed by atoms with Gasteiger partial charge in [0.1, 0.15) is 11.6 Å². The van der Waals surface area contributed by atoms with Gasteiger partial charge in [0.2, 0.25) is 5.96 Å². The molecule has 0 bridgehead atoms. The molecule has 3 aromatic carbocycles. The fourth-order valence-electron chi connectivity index (χ4n) is 2.79. The highest BCUT2D eigenvalue weighted by atomic mass is 19.1. The molecule has 128 valence electrons. The highest BCUT2D eigenvalue weighted by Crippen LogP contribution is 2.31. The van der Waals surface area contributed by atoms with E-state index >= 15 is 0 Å². The van der Waals surface area contributed by atoms with Crippen molar-refractivity contribution in [2.75, 3.05) is 11.9 Å². The van der Waals surface area contributed by atoms with Crippen LogP contribution in [-0.4, -0.2) is 13.0 Å². The van der Waals surface area contributed by atoms with Gasteiger partial charge in [0, 0.05) is 23.9 Å². The van der Waals surface area contributed by atoms with Crippen LogP contribution < -0.4 is 10.6 Å². The molecule has 25 heavy (non-hydrogen) atoms. The van der Waals surface area contributed by atoms with Gasteiger partial charge < -0.3 is 10.6 Å². The molecule has 0 amide bonds. The van der Waals surface area contributed by atoms with E-state index in [9.17, 15) is 8.78 Å². The molecule has 0 heterocycles. The van der Waals surface area contributed by atoms with Crippen molar-refractivity contribution in [2.24, 2.45) is 10.7 Å². The summed E-state index contributed by atoms with van der Waals surface area (Å²) in [7, 11) is 1.62. The Morgan fingerprint density at radius 3 is 2.44 bits per heavy atom. The van der Waals surface area contributed by atoms with E-state index in [1.807, 2.05) is 24.3 Å². The third-order valence-electron chi connectivity index (χ3n) is 4.16. The van der Waals surface area contributed by atoms with E-state index in [4.69, 9.17) is 5.73 Å². The zero-order valence-electron chi connectivity index (χ0n) is 14.1. The maximum Gasteiger partial charge on any atom is 0.200 e. The molecule has 5 heteroatoms. The van der Waals surface area contributed by atoms with Crippen LogP contribution >= 0.6 is 0 Å². The van der Waals surface area contributed by atoms with Gasteiger partial charge in [-0.2, -0.15) is 0 Å². The van der Waals surface area contributed by atoms with Crippen LogP contribution in [0.25, 0.3) is 10.8 Å². The summed E-state index contributed by atoms with van der Waals surface area (Å²) in [5.41, 5.74) is 8.11. The SMILES string of the molecule is CCc1cccc(N=C(N)N(C)c2c(F)cc(F)c3ccccc23)c1. The average molecular weight is 339 g/mol. The fourth-order valence-corrected chi connectivity index (χ4v) is 2.79. The van der Waals surface area contributed by atoms with Crippen LogP contribution in [0.15, 0.2) is 59.6 Å². The Kier molecular flexibility index (Phi) is 4.65. The van der Waals surface area contributed by atoms with Gasteiger partial charge in [-0.25, -0.2) is 13.8 Å². The van der Waals surface area contributed by atoms with Crippen LogP contribution in [0.2, 0.25) is 0 Å². The standard InChI is InChI=1S/C20H19F2N3/c1-3-13-7-6-8-14(11-13)24-20(23)25(2)19-16-10-5-4-9-15(16)17(21)12-18(19)22/h4-12H,3H2,1-2H3,(H2,23,24). The number of rotatable bonds is 3. The van der Waals surface area contributed by atoms with Crippen LogP contribution in [0, 0.1) is 11.6 Å². The van der Waals surface area contributed by atoms with Crippen molar-refractivity contribution >= 4 is 28.1 Å². The van der Waals surface area contributed by atoms with Crippen LogP contribution in [-0.2, 0) is 6.42 Å². The van der Waals surface area contributed by atoms with E-state index in [2.05, 4.69) is 11.9 Å².